The van der Waals surface area contributed by atoms with Crippen LogP contribution < -0.4 is 16.0 Å². The summed E-state index contributed by atoms with van der Waals surface area (Å²) in [6.07, 6.45) is 6.31. The van der Waals surface area contributed by atoms with Crippen LogP contribution in [0.5, 0.6) is 0 Å². The zero-order valence-corrected chi connectivity index (χ0v) is 22.4. The van der Waals surface area contributed by atoms with Crippen LogP contribution in [0.3, 0.4) is 0 Å². The number of rotatable bonds is 6. The van der Waals surface area contributed by atoms with Crippen LogP contribution in [0.2, 0.25) is 10.3 Å². The maximum atomic E-state index is 13.0. The second kappa shape index (κ2) is 11.0. The van der Waals surface area contributed by atoms with Gasteiger partial charge in [-0.15, -0.1) is 0 Å². The number of halogens is 2. The van der Waals surface area contributed by atoms with Gasteiger partial charge in [-0.05, 0) is 44.2 Å². The summed E-state index contributed by atoms with van der Waals surface area (Å²) < 4.78 is 0. The number of nitrogens with zero attached hydrogens (tertiary/aromatic N) is 6. The molecular formula is C25H32Cl2N8O2. The topological polar surface area (TPSA) is 121 Å². The van der Waals surface area contributed by atoms with Crippen molar-refractivity contribution in [3.05, 3.63) is 39.9 Å². The van der Waals surface area contributed by atoms with Gasteiger partial charge >= 0.3 is 0 Å². The van der Waals surface area contributed by atoms with E-state index in [2.05, 4.69) is 37.0 Å². The van der Waals surface area contributed by atoms with E-state index < -0.39 is 0 Å². The number of nitrogen functional groups attached to an aromatic ring is 1. The van der Waals surface area contributed by atoms with E-state index in [9.17, 15) is 9.59 Å². The predicted octanol–water partition coefficient (Wildman–Crippen LogP) is 2.86. The molecule has 0 spiro atoms. The minimum absolute atomic E-state index is 0.0977. The molecule has 0 bridgehead atoms. The highest BCUT2D eigenvalue weighted by Crippen LogP contribution is 2.29. The fourth-order valence-corrected chi connectivity index (χ4v) is 5.69. The first kappa shape index (κ1) is 25.9. The molecule has 0 aromatic carbocycles. The number of nitrogens with one attached hydrogen (secondary N) is 1. The molecule has 198 valence electrons. The van der Waals surface area contributed by atoms with Crippen molar-refractivity contribution in [3.63, 3.8) is 0 Å². The molecule has 3 aliphatic rings. The molecule has 1 atom stereocenters. The van der Waals surface area contributed by atoms with Crippen molar-refractivity contribution in [3.8, 4) is 0 Å². The molecule has 3 N–H and O–H groups in total. The molecule has 3 fully saturated rings. The molecule has 10 nitrogen and oxygen atoms in total. The number of piperidine rings is 1. The van der Waals surface area contributed by atoms with Gasteiger partial charge in [-0.2, -0.15) is 0 Å². The summed E-state index contributed by atoms with van der Waals surface area (Å²) in [4.78, 5) is 44.7. The number of pyridine rings is 1. The summed E-state index contributed by atoms with van der Waals surface area (Å²) in [5, 5.41) is 3.46. The molecule has 2 aromatic heterocycles. The molecule has 0 radical (unpaired) electrons. The second-order valence-corrected chi connectivity index (χ2v) is 10.7. The van der Waals surface area contributed by atoms with E-state index in [4.69, 9.17) is 28.9 Å². The Morgan fingerprint density at radius 1 is 1.08 bits per heavy atom. The Morgan fingerprint density at radius 2 is 1.84 bits per heavy atom. The second-order valence-electron chi connectivity index (χ2n) is 9.95. The lowest BCUT2D eigenvalue weighted by molar-refractivity contribution is 0.0491. The first-order valence-electron chi connectivity index (χ1n) is 12.9. The molecule has 0 unspecified atom stereocenters. The Labute approximate surface area is 226 Å². The summed E-state index contributed by atoms with van der Waals surface area (Å²) in [5.41, 5.74) is 6.58. The summed E-state index contributed by atoms with van der Waals surface area (Å²) in [6.45, 7) is 5.95. The van der Waals surface area contributed by atoms with Crippen LogP contribution in [0.25, 0.3) is 0 Å². The number of nitrogens with two attached hydrogens (primary N) is 1. The molecule has 2 saturated heterocycles. The van der Waals surface area contributed by atoms with Crippen LogP contribution in [-0.4, -0.2) is 87.4 Å². The number of carbonyl (C=O) groups excluding carboxylic acids is 2. The highest BCUT2D eigenvalue weighted by Gasteiger charge is 2.35. The van der Waals surface area contributed by atoms with Gasteiger partial charge in [0.1, 0.15) is 16.7 Å². The molecule has 4 heterocycles. The molecule has 2 aliphatic heterocycles. The summed E-state index contributed by atoms with van der Waals surface area (Å²) in [5.74, 6) is 0.469. The van der Waals surface area contributed by atoms with Crippen LogP contribution >= 0.6 is 23.2 Å². The van der Waals surface area contributed by atoms with Crippen LogP contribution in [0.1, 0.15) is 59.9 Å². The maximum Gasteiger partial charge on any atom is 0.271 e. The number of aromatic nitrogens is 3. The van der Waals surface area contributed by atoms with Gasteiger partial charge in [-0.1, -0.05) is 30.1 Å². The van der Waals surface area contributed by atoms with Gasteiger partial charge in [0.2, 0.25) is 0 Å². The molecule has 12 heteroatoms. The zero-order valence-electron chi connectivity index (χ0n) is 20.9. The van der Waals surface area contributed by atoms with Crippen molar-refractivity contribution in [1.82, 2.24) is 30.1 Å². The first-order valence-corrected chi connectivity index (χ1v) is 13.6. The number of piperazine rings is 1. The zero-order chi connectivity index (χ0) is 26.1. The van der Waals surface area contributed by atoms with E-state index in [0.717, 1.165) is 51.7 Å². The summed E-state index contributed by atoms with van der Waals surface area (Å²) in [6, 6.07) is 4.21. The average molecular weight is 547 g/mol. The van der Waals surface area contributed by atoms with Gasteiger partial charge in [-0.3, -0.25) is 14.5 Å². The van der Waals surface area contributed by atoms with Crippen molar-refractivity contribution >= 4 is 46.7 Å². The van der Waals surface area contributed by atoms with Gasteiger partial charge in [0.25, 0.3) is 11.8 Å². The normalized spacial score (nSPS) is 21.2. The number of carbonyl (C=O) groups is 2. The lowest BCUT2D eigenvalue weighted by Gasteiger charge is -2.47. The molecular weight excluding hydrogens is 515 g/mol. The predicted molar refractivity (Wildman–Crippen MR) is 143 cm³/mol. The Hall–Kier alpha value is -2.69. The highest BCUT2D eigenvalue weighted by atomic mass is 35.5. The number of likely N-dealkylation sites (tertiary alicyclic amines) is 1. The molecule has 1 saturated carbocycles. The van der Waals surface area contributed by atoms with Crippen molar-refractivity contribution < 1.29 is 9.59 Å². The SMILES string of the molecule is CC[C@H]1CN(c2ncc(C(=O)NC3CC3)nc2Cl)CCN1C1CCN(C(=O)c2ccc(Cl)nc2N)CC1. The quantitative estimate of drug-likeness (QED) is 0.530. The molecule has 37 heavy (non-hydrogen) atoms. The van der Waals surface area contributed by atoms with Crippen molar-refractivity contribution in [2.24, 2.45) is 0 Å². The fourth-order valence-electron chi connectivity index (χ4n) is 5.28. The van der Waals surface area contributed by atoms with Gasteiger partial charge in [0.05, 0.1) is 11.8 Å². The van der Waals surface area contributed by atoms with Crippen molar-refractivity contribution in [2.75, 3.05) is 43.4 Å². The highest BCUT2D eigenvalue weighted by molar-refractivity contribution is 6.32. The lowest BCUT2D eigenvalue weighted by Crippen LogP contribution is -2.58. The van der Waals surface area contributed by atoms with Crippen molar-refractivity contribution in [2.45, 2.75) is 57.2 Å². The van der Waals surface area contributed by atoms with E-state index in [1.54, 1.807) is 12.1 Å². The van der Waals surface area contributed by atoms with E-state index in [-0.39, 0.29) is 39.7 Å². The standard InChI is InChI=1S/C25H32Cl2N8O2/c1-2-16-14-34(23-21(27)31-19(13-29-23)24(36)30-15-3-4-15)11-12-35(16)17-7-9-33(10-8-17)25(37)18-5-6-20(26)32-22(18)28/h5-6,13,15-17H,2-4,7-12,14H2,1H3,(H2,28,32)(H,30,36)/t16-/m0/s1. The van der Waals surface area contributed by atoms with Crippen molar-refractivity contribution in [1.29, 1.82) is 0 Å². The minimum atomic E-state index is -0.223. The molecule has 5 rings (SSSR count). The smallest absolute Gasteiger partial charge is 0.271 e. The minimum Gasteiger partial charge on any atom is -0.383 e. The Balaban J connectivity index is 1.18. The van der Waals surface area contributed by atoms with Gasteiger partial charge < -0.3 is 20.9 Å². The Kier molecular flexibility index (Phi) is 7.69. The Morgan fingerprint density at radius 3 is 2.49 bits per heavy atom. The van der Waals surface area contributed by atoms with Crippen LogP contribution in [0, 0.1) is 0 Å². The summed E-state index contributed by atoms with van der Waals surface area (Å²) >= 11 is 12.4. The molecule has 2 amide bonds. The van der Waals surface area contributed by atoms with Gasteiger partial charge in [-0.25, -0.2) is 15.0 Å². The van der Waals surface area contributed by atoms with Gasteiger partial charge in [0.15, 0.2) is 11.0 Å². The number of hydrogen-bond acceptors (Lipinski definition) is 8. The third-order valence-electron chi connectivity index (χ3n) is 7.50. The Bertz CT molecular complexity index is 1170. The first-order chi connectivity index (χ1) is 17.8. The van der Waals surface area contributed by atoms with E-state index in [1.807, 2.05) is 4.90 Å². The summed E-state index contributed by atoms with van der Waals surface area (Å²) in [7, 11) is 0. The number of hydrogen-bond donors (Lipinski definition) is 2. The number of anilines is 2. The lowest BCUT2D eigenvalue weighted by atomic mass is 9.97. The largest absolute Gasteiger partial charge is 0.383 e. The fraction of sp³-hybridized carbons (Fsp3) is 0.560. The molecule has 2 aromatic rings. The van der Waals surface area contributed by atoms with Crippen LogP contribution in [0.15, 0.2) is 18.3 Å². The van der Waals surface area contributed by atoms with Gasteiger partial charge in [0, 0.05) is 50.8 Å². The monoisotopic (exact) mass is 546 g/mol. The third kappa shape index (κ3) is 5.76. The molecule has 1 aliphatic carbocycles. The average Bonchev–Trinajstić information content (AvgIpc) is 3.72. The maximum absolute atomic E-state index is 13.0. The van der Waals surface area contributed by atoms with Crippen LogP contribution in [-0.2, 0) is 0 Å². The van der Waals surface area contributed by atoms with Crippen LogP contribution in [0.4, 0.5) is 11.6 Å². The van der Waals surface area contributed by atoms with E-state index in [1.165, 1.54) is 6.20 Å². The van der Waals surface area contributed by atoms with E-state index in [0.29, 0.717) is 36.6 Å². The third-order valence-corrected chi connectivity index (χ3v) is 7.96. The number of amides is 2. The van der Waals surface area contributed by atoms with E-state index >= 15 is 0 Å².